The van der Waals surface area contributed by atoms with Gasteiger partial charge in [0, 0.05) is 12.3 Å². The number of aromatic nitrogens is 3. The zero-order valence-corrected chi connectivity index (χ0v) is 3.96. The Bertz CT molecular complexity index is 203. The van der Waals surface area contributed by atoms with Gasteiger partial charge in [0.25, 0.3) is 0 Å². The van der Waals surface area contributed by atoms with Gasteiger partial charge in [0.05, 0.1) is 0 Å². The lowest BCUT2D eigenvalue weighted by Crippen LogP contribution is -1.68. The van der Waals surface area contributed by atoms with E-state index >= 15 is 0 Å². The maximum Gasteiger partial charge on any atom is 0.221 e. The summed E-state index contributed by atoms with van der Waals surface area (Å²) >= 11 is 0. The fourth-order valence-corrected chi connectivity index (χ4v) is 0.593. The summed E-state index contributed by atoms with van der Waals surface area (Å²) < 4.78 is 4.76. The number of nitrogens with one attached hydrogen (secondary N) is 1. The highest BCUT2D eigenvalue weighted by Crippen LogP contribution is 2.13. The van der Waals surface area contributed by atoms with Gasteiger partial charge >= 0.3 is 0 Å². The van der Waals surface area contributed by atoms with Gasteiger partial charge in [-0.15, -0.1) is 10.4 Å². The second-order valence-corrected chi connectivity index (χ2v) is 1.44. The first-order valence-electron chi connectivity index (χ1n) is 2.21. The van der Waals surface area contributed by atoms with Crippen molar-refractivity contribution in [1.82, 2.24) is 15.4 Å². The van der Waals surface area contributed by atoms with E-state index in [4.69, 9.17) is 4.52 Å². The van der Waals surface area contributed by atoms with Crippen molar-refractivity contribution in [2.75, 3.05) is 0 Å². The number of rotatable bonds is 0. The monoisotopic (exact) mass is 109 g/mol. The van der Waals surface area contributed by atoms with Crippen LogP contribution < -0.4 is 0 Å². The van der Waals surface area contributed by atoms with Crippen LogP contribution in [0, 0.1) is 0 Å². The molecule has 0 aliphatic carbocycles. The van der Waals surface area contributed by atoms with Gasteiger partial charge in [-0.3, -0.25) is 0 Å². The molecule has 0 amide bonds. The Morgan fingerprint density at radius 3 is 3.50 bits per heavy atom. The fourth-order valence-electron chi connectivity index (χ4n) is 0.593. The zero-order valence-electron chi connectivity index (χ0n) is 3.96. The highest BCUT2D eigenvalue weighted by Gasteiger charge is 2.06. The lowest BCUT2D eigenvalue weighted by molar-refractivity contribution is 0.407. The molecule has 0 aromatic carbocycles. The van der Waals surface area contributed by atoms with Crippen molar-refractivity contribution in [2.45, 2.75) is 0 Å². The molecule has 2 aliphatic rings. The first kappa shape index (κ1) is 3.65. The molecule has 0 unspecified atom stereocenters. The molecule has 0 aromatic heterocycles. The molecule has 4 nitrogen and oxygen atoms in total. The third kappa shape index (κ3) is 0.294. The summed E-state index contributed by atoms with van der Waals surface area (Å²) in [6, 6.07) is 1.75. The molecule has 40 valence electrons. The molecule has 0 spiro atoms. The molecule has 2 rings (SSSR count). The average molecular weight is 109 g/mol. The zero-order chi connectivity index (χ0) is 5.40. The Balaban J connectivity index is 2.84. The van der Waals surface area contributed by atoms with Gasteiger partial charge in [0.1, 0.15) is 0 Å². The quantitative estimate of drug-likeness (QED) is 0.536. The summed E-state index contributed by atoms with van der Waals surface area (Å²) in [7, 11) is 0. The van der Waals surface area contributed by atoms with Crippen LogP contribution in [-0.4, -0.2) is 15.4 Å². The van der Waals surface area contributed by atoms with E-state index in [0.29, 0.717) is 11.6 Å². The summed E-state index contributed by atoms with van der Waals surface area (Å²) in [5.74, 6) is 1.33. The van der Waals surface area contributed by atoms with Crippen LogP contribution in [0.25, 0.3) is 11.6 Å². The van der Waals surface area contributed by atoms with Crippen LogP contribution in [0.15, 0.2) is 16.8 Å². The van der Waals surface area contributed by atoms with Crippen LogP contribution in [0.4, 0.5) is 0 Å². The van der Waals surface area contributed by atoms with Gasteiger partial charge < -0.3 is 4.52 Å². The van der Waals surface area contributed by atoms with E-state index in [2.05, 4.69) is 15.4 Å². The first-order valence-corrected chi connectivity index (χ1v) is 2.21. The van der Waals surface area contributed by atoms with Crippen molar-refractivity contribution in [3.8, 4) is 11.6 Å². The molecule has 4 heteroatoms. The number of hydrogen-bond donors (Lipinski definition) is 1. The number of nitrogens with zero attached hydrogens (tertiary/aromatic N) is 2. The smallest absolute Gasteiger partial charge is 0.221 e. The van der Waals surface area contributed by atoms with Gasteiger partial charge in [-0.05, 0) is 0 Å². The predicted molar refractivity (Wildman–Crippen MR) is 25.3 cm³/mol. The first-order chi connectivity index (χ1) is 3.97. The highest BCUT2D eigenvalue weighted by molar-refractivity contribution is 5.46. The van der Waals surface area contributed by atoms with Crippen LogP contribution in [0.1, 0.15) is 0 Å². The normalized spacial score (nSPS) is 10.5. The SMILES string of the molecule is c1cc2o[nH]nc-2n1. The molecule has 0 atom stereocenters. The van der Waals surface area contributed by atoms with E-state index in [-0.39, 0.29) is 0 Å². The topological polar surface area (TPSA) is 54.7 Å². The molecule has 0 fully saturated rings. The third-order valence-corrected chi connectivity index (χ3v) is 0.950. The van der Waals surface area contributed by atoms with E-state index in [1.165, 1.54) is 0 Å². The Labute approximate surface area is 44.8 Å². The minimum Gasteiger partial charge on any atom is -0.361 e. The molecule has 0 radical (unpaired) electrons. The van der Waals surface area contributed by atoms with Crippen molar-refractivity contribution in [3.05, 3.63) is 12.3 Å². The van der Waals surface area contributed by atoms with E-state index in [1.807, 2.05) is 0 Å². The minimum absolute atomic E-state index is 0.630. The summed E-state index contributed by atoms with van der Waals surface area (Å²) in [5, 5.41) is 6.01. The second kappa shape index (κ2) is 1.09. The number of aromatic amines is 1. The number of hydrogen-bond acceptors (Lipinski definition) is 3. The van der Waals surface area contributed by atoms with Gasteiger partial charge in [0.15, 0.2) is 0 Å². The maximum absolute atomic E-state index is 4.76. The predicted octanol–water partition coefficient (Wildman–Crippen LogP) is 0.502. The maximum atomic E-state index is 4.76. The Hall–Kier alpha value is -1.32. The Kier molecular flexibility index (Phi) is 0.498. The van der Waals surface area contributed by atoms with Crippen molar-refractivity contribution in [2.24, 2.45) is 0 Å². The number of fused-ring (bicyclic) bond motifs is 1. The van der Waals surface area contributed by atoms with Crippen molar-refractivity contribution < 1.29 is 4.52 Å². The van der Waals surface area contributed by atoms with Gasteiger partial charge in [-0.2, -0.15) is 0 Å². The minimum atomic E-state index is 0.630. The summed E-state index contributed by atoms with van der Waals surface area (Å²) in [5.41, 5.74) is 0. The van der Waals surface area contributed by atoms with Crippen LogP contribution in [-0.2, 0) is 0 Å². The van der Waals surface area contributed by atoms with E-state index in [9.17, 15) is 0 Å². The van der Waals surface area contributed by atoms with Crippen molar-refractivity contribution in [1.29, 1.82) is 0 Å². The van der Waals surface area contributed by atoms with Crippen LogP contribution in [0.3, 0.4) is 0 Å². The molecular formula is C4H3N3O. The number of H-pyrrole nitrogens is 1. The Morgan fingerprint density at radius 2 is 2.62 bits per heavy atom. The highest BCUT2D eigenvalue weighted by atomic mass is 16.5. The van der Waals surface area contributed by atoms with Crippen molar-refractivity contribution in [3.63, 3.8) is 0 Å². The van der Waals surface area contributed by atoms with Gasteiger partial charge in [-0.25, -0.2) is 4.98 Å². The summed E-state index contributed by atoms with van der Waals surface area (Å²) in [4.78, 5) is 3.84. The van der Waals surface area contributed by atoms with Crippen LogP contribution >= 0.6 is 0 Å². The molecule has 0 bridgehead atoms. The van der Waals surface area contributed by atoms with E-state index in [1.54, 1.807) is 12.3 Å². The summed E-state index contributed by atoms with van der Waals surface area (Å²) in [6.07, 6.45) is 1.65. The summed E-state index contributed by atoms with van der Waals surface area (Å²) in [6.45, 7) is 0. The lowest BCUT2D eigenvalue weighted by atomic mass is 10.5. The molecule has 8 heavy (non-hydrogen) atoms. The van der Waals surface area contributed by atoms with Gasteiger partial charge in [0.2, 0.25) is 11.6 Å². The molecule has 2 heterocycles. The largest absolute Gasteiger partial charge is 0.361 e. The van der Waals surface area contributed by atoms with Crippen LogP contribution in [0.5, 0.6) is 0 Å². The third-order valence-electron chi connectivity index (χ3n) is 0.950. The molecule has 0 saturated carbocycles. The fraction of sp³-hybridized carbons (Fsp3) is 0. The van der Waals surface area contributed by atoms with E-state index < -0.39 is 0 Å². The van der Waals surface area contributed by atoms with Gasteiger partial charge in [-0.1, -0.05) is 0 Å². The molecule has 2 aliphatic heterocycles. The van der Waals surface area contributed by atoms with E-state index in [0.717, 1.165) is 0 Å². The lowest BCUT2D eigenvalue weighted by Gasteiger charge is -1.69. The molecule has 0 saturated heterocycles. The Morgan fingerprint density at radius 1 is 1.62 bits per heavy atom. The van der Waals surface area contributed by atoms with Crippen LogP contribution in [0.2, 0.25) is 0 Å². The standard InChI is InChI=1S/C4H3N3O/c1-2-5-4-3(1)8-7-6-4/h1-2,7H. The average Bonchev–Trinajstić information content (AvgIpc) is 2.15. The molecule has 1 N–H and O–H groups in total. The molecule has 0 aromatic rings. The second-order valence-electron chi connectivity index (χ2n) is 1.44. The van der Waals surface area contributed by atoms with Crippen molar-refractivity contribution >= 4 is 0 Å². The molecular weight excluding hydrogens is 106 g/mol.